The van der Waals surface area contributed by atoms with Crippen LogP contribution in [0.1, 0.15) is 33.2 Å². The molecule has 0 amide bonds. The predicted octanol–water partition coefficient (Wildman–Crippen LogP) is 2.16. The van der Waals surface area contributed by atoms with Crippen LogP contribution in [0.2, 0.25) is 0 Å². The molecule has 8 heteroatoms. The lowest BCUT2D eigenvalue weighted by molar-refractivity contribution is -0.232. The van der Waals surface area contributed by atoms with Crippen LogP contribution in [-0.4, -0.2) is 64.3 Å². The maximum Gasteiger partial charge on any atom is 0.186 e. The minimum absolute atomic E-state index is 0.270. The number of ketones is 1. The average molecular weight is 454 g/mol. The third-order valence-corrected chi connectivity index (χ3v) is 5.94. The molecule has 1 saturated heterocycles. The maximum atomic E-state index is 13.0. The highest BCUT2D eigenvalue weighted by Gasteiger charge is 2.45. The van der Waals surface area contributed by atoms with Crippen LogP contribution in [0.3, 0.4) is 0 Å². The van der Waals surface area contributed by atoms with Gasteiger partial charge in [-0.05, 0) is 54.5 Å². The molecule has 0 aliphatic carbocycles. The van der Waals surface area contributed by atoms with Gasteiger partial charge >= 0.3 is 0 Å². The standard InChI is InChI=1S/C25H26O8/c1-13-9-20(31-2)17(25-24(30)23(29)22(28)21(12-26)33-25)11-16(13)18(27)5-3-14-4-6-19-15(10-14)7-8-32-19/h3-11,21-26,28-30H,12H2,1-2H3/b5-3+. The van der Waals surface area contributed by atoms with E-state index in [0.29, 0.717) is 22.4 Å². The van der Waals surface area contributed by atoms with Crippen molar-refractivity contribution >= 4 is 22.8 Å². The van der Waals surface area contributed by atoms with Gasteiger partial charge in [0, 0.05) is 16.5 Å². The summed E-state index contributed by atoms with van der Waals surface area (Å²) in [6.45, 7) is 1.21. The molecule has 1 aromatic heterocycles. The molecular weight excluding hydrogens is 428 g/mol. The first-order valence-electron chi connectivity index (χ1n) is 10.5. The summed E-state index contributed by atoms with van der Waals surface area (Å²) >= 11 is 0. The molecule has 33 heavy (non-hydrogen) atoms. The fraction of sp³-hybridized carbons (Fsp3) is 0.320. The molecule has 2 heterocycles. The number of aliphatic hydroxyl groups is 4. The molecule has 4 N–H and O–H groups in total. The van der Waals surface area contributed by atoms with Gasteiger partial charge < -0.3 is 34.3 Å². The first-order chi connectivity index (χ1) is 15.8. The molecule has 1 aliphatic rings. The van der Waals surface area contributed by atoms with Crippen LogP contribution in [0.15, 0.2) is 53.2 Å². The van der Waals surface area contributed by atoms with Gasteiger partial charge in [-0.15, -0.1) is 0 Å². The summed E-state index contributed by atoms with van der Waals surface area (Å²) in [5.74, 6) is 0.0797. The summed E-state index contributed by atoms with van der Waals surface area (Å²) in [6.07, 6.45) is -1.94. The number of aliphatic hydroxyl groups excluding tert-OH is 4. The Hall–Kier alpha value is -3.01. The Labute approximate surface area is 190 Å². The molecule has 4 rings (SSSR count). The Morgan fingerprint density at radius 3 is 2.61 bits per heavy atom. The van der Waals surface area contributed by atoms with Gasteiger partial charge in [0.05, 0.1) is 20.0 Å². The number of methoxy groups -OCH3 is 1. The predicted molar refractivity (Wildman–Crippen MR) is 120 cm³/mol. The van der Waals surface area contributed by atoms with Crippen molar-refractivity contribution in [1.29, 1.82) is 0 Å². The topological polar surface area (TPSA) is 130 Å². The summed E-state index contributed by atoms with van der Waals surface area (Å²) in [5, 5.41) is 41.2. The monoisotopic (exact) mass is 454 g/mol. The highest BCUT2D eigenvalue weighted by Crippen LogP contribution is 2.38. The van der Waals surface area contributed by atoms with Crippen LogP contribution in [0.25, 0.3) is 17.0 Å². The van der Waals surface area contributed by atoms with Crippen molar-refractivity contribution in [3.05, 3.63) is 71.0 Å². The minimum Gasteiger partial charge on any atom is -0.496 e. The quantitative estimate of drug-likeness (QED) is 0.329. The molecule has 174 valence electrons. The Bertz CT molecular complexity index is 1180. The number of carbonyl (C=O) groups is 1. The van der Waals surface area contributed by atoms with E-state index in [1.54, 1.807) is 31.4 Å². The van der Waals surface area contributed by atoms with Crippen molar-refractivity contribution in [2.45, 2.75) is 37.4 Å². The highest BCUT2D eigenvalue weighted by atomic mass is 16.5. The normalized spacial score (nSPS) is 25.6. The molecule has 3 aromatic rings. The Balaban J connectivity index is 1.66. The molecule has 0 radical (unpaired) electrons. The third kappa shape index (κ3) is 4.44. The number of hydrogen-bond donors (Lipinski definition) is 4. The maximum absolute atomic E-state index is 13.0. The molecule has 2 aromatic carbocycles. The van der Waals surface area contributed by atoms with Crippen molar-refractivity contribution in [1.82, 2.24) is 0 Å². The number of ether oxygens (including phenoxy) is 2. The van der Waals surface area contributed by atoms with Gasteiger partial charge in [0.25, 0.3) is 0 Å². The van der Waals surface area contributed by atoms with Gasteiger partial charge in [-0.3, -0.25) is 4.79 Å². The van der Waals surface area contributed by atoms with E-state index in [9.17, 15) is 25.2 Å². The van der Waals surface area contributed by atoms with E-state index in [4.69, 9.17) is 13.9 Å². The van der Waals surface area contributed by atoms with Crippen molar-refractivity contribution < 1.29 is 39.1 Å². The van der Waals surface area contributed by atoms with Gasteiger partial charge in [0.15, 0.2) is 5.78 Å². The van der Waals surface area contributed by atoms with Crippen LogP contribution >= 0.6 is 0 Å². The molecule has 1 aliphatic heterocycles. The average Bonchev–Trinajstić information content (AvgIpc) is 3.29. The van der Waals surface area contributed by atoms with Crippen LogP contribution in [-0.2, 0) is 4.74 Å². The molecule has 5 unspecified atom stereocenters. The lowest BCUT2D eigenvalue weighted by Gasteiger charge is -2.40. The SMILES string of the molecule is COc1cc(C)c(C(=O)/C=C/c2ccc3occc3c2)cc1C1OC(CO)C(O)C(O)C1O. The van der Waals surface area contributed by atoms with E-state index >= 15 is 0 Å². The van der Waals surface area contributed by atoms with Crippen LogP contribution in [0.4, 0.5) is 0 Å². The summed E-state index contributed by atoms with van der Waals surface area (Å²) in [5.41, 5.74) is 2.94. The number of rotatable bonds is 6. The largest absolute Gasteiger partial charge is 0.496 e. The number of fused-ring (bicyclic) bond motifs is 1. The molecule has 5 atom stereocenters. The Kier molecular flexibility index (Phi) is 6.64. The van der Waals surface area contributed by atoms with Crippen molar-refractivity contribution in [3.63, 3.8) is 0 Å². The van der Waals surface area contributed by atoms with Crippen molar-refractivity contribution in [2.24, 2.45) is 0 Å². The Morgan fingerprint density at radius 1 is 1.09 bits per heavy atom. The fourth-order valence-electron chi connectivity index (χ4n) is 4.07. The second-order valence-electron chi connectivity index (χ2n) is 8.07. The van der Waals surface area contributed by atoms with Crippen LogP contribution in [0, 0.1) is 6.92 Å². The van der Waals surface area contributed by atoms with E-state index in [1.807, 2.05) is 24.3 Å². The molecule has 0 saturated carbocycles. The lowest BCUT2D eigenvalue weighted by atomic mass is 9.88. The van der Waals surface area contributed by atoms with Gasteiger partial charge in [-0.25, -0.2) is 0 Å². The lowest BCUT2D eigenvalue weighted by Crippen LogP contribution is -2.55. The summed E-state index contributed by atoms with van der Waals surface area (Å²) in [7, 11) is 1.44. The smallest absolute Gasteiger partial charge is 0.186 e. The molecule has 0 bridgehead atoms. The zero-order chi connectivity index (χ0) is 23.7. The number of carbonyl (C=O) groups excluding carboxylic acids is 1. The summed E-state index contributed by atoms with van der Waals surface area (Å²) < 4.78 is 16.4. The molecule has 0 spiro atoms. The number of furan rings is 1. The van der Waals surface area contributed by atoms with Gasteiger partial charge in [-0.1, -0.05) is 12.1 Å². The zero-order valence-corrected chi connectivity index (χ0v) is 18.2. The van der Waals surface area contributed by atoms with Crippen molar-refractivity contribution in [2.75, 3.05) is 13.7 Å². The molecule has 8 nitrogen and oxygen atoms in total. The first kappa shape index (κ1) is 23.2. The van der Waals surface area contributed by atoms with E-state index in [-0.39, 0.29) is 5.78 Å². The number of aryl methyl sites for hydroxylation is 1. The van der Waals surface area contributed by atoms with Gasteiger partial charge in [-0.2, -0.15) is 0 Å². The fourth-order valence-corrected chi connectivity index (χ4v) is 4.07. The van der Waals surface area contributed by atoms with Gasteiger partial charge in [0.1, 0.15) is 41.9 Å². The molecule has 1 fully saturated rings. The summed E-state index contributed by atoms with van der Waals surface area (Å²) in [6, 6.07) is 10.6. The van der Waals surface area contributed by atoms with E-state index in [0.717, 1.165) is 16.5 Å². The number of hydrogen-bond acceptors (Lipinski definition) is 8. The second-order valence-corrected chi connectivity index (χ2v) is 8.07. The summed E-state index contributed by atoms with van der Waals surface area (Å²) in [4.78, 5) is 13.0. The van der Waals surface area contributed by atoms with Crippen molar-refractivity contribution in [3.8, 4) is 5.75 Å². The van der Waals surface area contributed by atoms with Crippen LogP contribution in [0.5, 0.6) is 5.75 Å². The first-order valence-corrected chi connectivity index (χ1v) is 10.5. The molecular formula is C25H26O8. The number of benzene rings is 2. The van der Waals surface area contributed by atoms with E-state index < -0.39 is 37.1 Å². The number of allylic oxidation sites excluding steroid dienone is 1. The van der Waals surface area contributed by atoms with E-state index in [1.165, 1.54) is 13.2 Å². The Morgan fingerprint density at radius 2 is 1.88 bits per heavy atom. The highest BCUT2D eigenvalue weighted by molar-refractivity contribution is 6.08. The van der Waals surface area contributed by atoms with Gasteiger partial charge in [0.2, 0.25) is 0 Å². The minimum atomic E-state index is -1.54. The van der Waals surface area contributed by atoms with E-state index in [2.05, 4.69) is 0 Å². The third-order valence-electron chi connectivity index (χ3n) is 5.94. The van der Waals surface area contributed by atoms with Crippen LogP contribution < -0.4 is 4.74 Å². The second kappa shape index (κ2) is 9.46. The zero-order valence-electron chi connectivity index (χ0n) is 18.2.